The Morgan fingerprint density at radius 3 is 0.775 bits per heavy atom. The van der Waals surface area contributed by atoms with E-state index < -0.39 is 0 Å². The third-order valence-corrected chi connectivity index (χ3v) is 7.38. The summed E-state index contributed by atoms with van der Waals surface area (Å²) in [6, 6.07) is 48.0. The third-order valence-electron chi connectivity index (χ3n) is 7.38. The first-order chi connectivity index (χ1) is 19.1. The topological polar surface area (TPSA) is 6.48 Å². The largest absolute Gasteiger partial charge is 0.311 e. The zero-order valence-electron chi connectivity index (χ0n) is 24.6. The molecule has 0 saturated heterocycles. The highest BCUT2D eigenvalue weighted by atomic mass is 15.2. The molecule has 0 radical (unpaired) electrons. The van der Waals surface area contributed by atoms with Crippen molar-refractivity contribution >= 4 is 34.1 Å². The van der Waals surface area contributed by atoms with Gasteiger partial charge in [-0.3, -0.25) is 0 Å². The van der Waals surface area contributed by atoms with Crippen molar-refractivity contribution in [2.75, 3.05) is 9.80 Å². The van der Waals surface area contributed by atoms with Crippen LogP contribution < -0.4 is 9.80 Å². The minimum Gasteiger partial charge on any atom is -0.311 e. The molecular weight excluding hydrogens is 484 g/mol. The van der Waals surface area contributed by atoms with Crippen LogP contribution in [0.1, 0.15) is 52.7 Å². The summed E-state index contributed by atoms with van der Waals surface area (Å²) in [5, 5.41) is 0. The van der Waals surface area contributed by atoms with E-state index in [2.05, 4.69) is 185 Å². The molecule has 40 heavy (non-hydrogen) atoms. The fourth-order valence-corrected chi connectivity index (χ4v) is 5.02. The number of para-hydroxylation sites is 2. The van der Waals surface area contributed by atoms with Gasteiger partial charge in [-0.2, -0.15) is 0 Å². The van der Waals surface area contributed by atoms with Crippen LogP contribution in [0, 0.1) is 0 Å². The zero-order chi connectivity index (χ0) is 28.3. The van der Waals surface area contributed by atoms with E-state index in [0.717, 1.165) is 34.1 Å². The molecule has 0 fully saturated rings. The maximum absolute atomic E-state index is 2.32. The Labute approximate surface area is 240 Å². The maximum atomic E-state index is 2.32. The fourth-order valence-electron chi connectivity index (χ4n) is 5.02. The summed E-state index contributed by atoms with van der Waals surface area (Å²) in [5.41, 5.74) is 9.69. The fraction of sp³-hybridized carbons (Fsp3) is 0.211. The summed E-state index contributed by atoms with van der Waals surface area (Å²) in [6.07, 6.45) is 0. The smallest absolute Gasteiger partial charge is 0.0463 e. The standard InChI is InChI=1S/C38H40N2/c1-37(2,3)29-17-21-33(22-18-29)39(31-13-9-7-10-14-31)35-25-27-36(28-26-35)40(32-15-11-8-12-16-32)34-23-19-30(20-24-34)38(4,5)6/h7-28H,1-6H3. The Morgan fingerprint density at radius 1 is 0.300 bits per heavy atom. The molecule has 5 aromatic rings. The molecule has 0 amide bonds. The maximum Gasteiger partial charge on any atom is 0.0463 e. The number of benzene rings is 5. The Hall–Kier alpha value is -4.30. The SMILES string of the molecule is CC(C)(C)c1ccc(N(c2ccccc2)c2ccc(N(c3ccccc3)c3ccc(C(C)(C)C)cc3)cc2)cc1. The quantitative estimate of drug-likeness (QED) is 0.218. The lowest BCUT2D eigenvalue weighted by Gasteiger charge is -2.29. The summed E-state index contributed by atoms with van der Waals surface area (Å²) < 4.78 is 0. The highest BCUT2D eigenvalue weighted by Crippen LogP contribution is 2.39. The Bertz CT molecular complexity index is 1390. The molecule has 0 spiro atoms. The van der Waals surface area contributed by atoms with Crippen molar-refractivity contribution in [2.24, 2.45) is 0 Å². The first kappa shape index (κ1) is 27.3. The molecule has 0 atom stereocenters. The predicted molar refractivity (Wildman–Crippen MR) is 173 cm³/mol. The summed E-state index contributed by atoms with van der Waals surface area (Å²) in [6.45, 7) is 13.5. The molecule has 0 N–H and O–H groups in total. The second kappa shape index (κ2) is 11.1. The van der Waals surface area contributed by atoms with Crippen LogP contribution in [-0.4, -0.2) is 0 Å². The van der Waals surface area contributed by atoms with E-state index in [1.807, 2.05) is 0 Å². The lowest BCUT2D eigenvalue weighted by Crippen LogP contribution is -2.14. The van der Waals surface area contributed by atoms with Crippen molar-refractivity contribution in [1.29, 1.82) is 0 Å². The second-order valence-electron chi connectivity index (χ2n) is 12.5. The average Bonchev–Trinajstić information content (AvgIpc) is 2.95. The second-order valence-corrected chi connectivity index (χ2v) is 12.5. The third kappa shape index (κ3) is 5.97. The summed E-state index contributed by atoms with van der Waals surface area (Å²) in [7, 11) is 0. The van der Waals surface area contributed by atoms with Crippen LogP contribution in [0.4, 0.5) is 34.1 Å². The van der Waals surface area contributed by atoms with Crippen molar-refractivity contribution in [3.05, 3.63) is 145 Å². The van der Waals surface area contributed by atoms with E-state index in [9.17, 15) is 0 Å². The first-order valence-electron chi connectivity index (χ1n) is 14.1. The number of anilines is 6. The molecular formula is C38H40N2. The van der Waals surface area contributed by atoms with Crippen LogP contribution in [0.3, 0.4) is 0 Å². The predicted octanol–water partition coefficient (Wildman–Crippen LogP) is 11.2. The lowest BCUT2D eigenvalue weighted by atomic mass is 9.87. The molecule has 0 unspecified atom stereocenters. The van der Waals surface area contributed by atoms with E-state index in [4.69, 9.17) is 0 Å². The molecule has 0 bridgehead atoms. The summed E-state index contributed by atoms with van der Waals surface area (Å²) in [4.78, 5) is 4.64. The molecule has 202 valence electrons. The Kier molecular flexibility index (Phi) is 7.54. The van der Waals surface area contributed by atoms with Gasteiger partial charge in [0.05, 0.1) is 0 Å². The molecule has 2 nitrogen and oxygen atoms in total. The molecule has 0 aliphatic rings. The van der Waals surface area contributed by atoms with Crippen LogP contribution >= 0.6 is 0 Å². The van der Waals surface area contributed by atoms with Gasteiger partial charge in [0.15, 0.2) is 0 Å². The average molecular weight is 525 g/mol. The monoisotopic (exact) mass is 524 g/mol. The van der Waals surface area contributed by atoms with E-state index in [1.54, 1.807) is 0 Å². The van der Waals surface area contributed by atoms with Gasteiger partial charge in [0.1, 0.15) is 0 Å². The minimum atomic E-state index is 0.115. The number of rotatable bonds is 6. The Balaban J connectivity index is 1.55. The Morgan fingerprint density at radius 2 is 0.525 bits per heavy atom. The van der Waals surface area contributed by atoms with Crippen LogP contribution in [0.5, 0.6) is 0 Å². The normalized spacial score (nSPS) is 11.8. The summed E-state index contributed by atoms with van der Waals surface area (Å²) >= 11 is 0. The van der Waals surface area contributed by atoms with Gasteiger partial charge in [0.25, 0.3) is 0 Å². The van der Waals surface area contributed by atoms with Crippen LogP contribution in [0.15, 0.2) is 133 Å². The van der Waals surface area contributed by atoms with Crippen molar-refractivity contribution in [3.63, 3.8) is 0 Å². The molecule has 0 aromatic heterocycles. The van der Waals surface area contributed by atoms with E-state index >= 15 is 0 Å². The van der Waals surface area contributed by atoms with Gasteiger partial charge < -0.3 is 9.80 Å². The van der Waals surface area contributed by atoms with E-state index in [-0.39, 0.29) is 10.8 Å². The molecule has 5 rings (SSSR count). The molecule has 2 heteroatoms. The number of hydrogen-bond donors (Lipinski definition) is 0. The molecule has 0 heterocycles. The van der Waals surface area contributed by atoms with Gasteiger partial charge in [0, 0.05) is 34.1 Å². The van der Waals surface area contributed by atoms with E-state index in [1.165, 1.54) is 11.1 Å². The van der Waals surface area contributed by atoms with Gasteiger partial charge in [-0.15, -0.1) is 0 Å². The summed E-state index contributed by atoms with van der Waals surface area (Å²) in [5.74, 6) is 0. The van der Waals surface area contributed by atoms with Gasteiger partial charge >= 0.3 is 0 Å². The molecule has 0 aliphatic heterocycles. The molecule has 5 aromatic carbocycles. The highest BCUT2D eigenvalue weighted by molar-refractivity contribution is 5.81. The van der Waals surface area contributed by atoms with Crippen LogP contribution in [-0.2, 0) is 10.8 Å². The van der Waals surface area contributed by atoms with Crippen molar-refractivity contribution < 1.29 is 0 Å². The molecule has 0 saturated carbocycles. The number of nitrogens with zero attached hydrogens (tertiary/aromatic N) is 2. The van der Waals surface area contributed by atoms with Crippen LogP contribution in [0.25, 0.3) is 0 Å². The van der Waals surface area contributed by atoms with Crippen LogP contribution in [0.2, 0.25) is 0 Å². The first-order valence-corrected chi connectivity index (χ1v) is 14.1. The van der Waals surface area contributed by atoms with Crippen molar-refractivity contribution in [2.45, 2.75) is 52.4 Å². The molecule has 0 aliphatic carbocycles. The highest BCUT2D eigenvalue weighted by Gasteiger charge is 2.19. The van der Waals surface area contributed by atoms with Gasteiger partial charge in [-0.1, -0.05) is 102 Å². The lowest BCUT2D eigenvalue weighted by molar-refractivity contribution is 0.590. The number of hydrogen-bond acceptors (Lipinski definition) is 2. The van der Waals surface area contributed by atoms with E-state index in [0.29, 0.717) is 0 Å². The minimum absolute atomic E-state index is 0.115. The van der Waals surface area contributed by atoms with Crippen molar-refractivity contribution in [3.8, 4) is 0 Å². The van der Waals surface area contributed by atoms with Gasteiger partial charge in [-0.25, -0.2) is 0 Å². The van der Waals surface area contributed by atoms with Gasteiger partial charge in [-0.05, 0) is 94.8 Å². The van der Waals surface area contributed by atoms with Crippen molar-refractivity contribution in [1.82, 2.24) is 0 Å². The van der Waals surface area contributed by atoms with Gasteiger partial charge in [0.2, 0.25) is 0 Å². The zero-order valence-corrected chi connectivity index (χ0v) is 24.6.